The molecule has 0 spiro atoms. The van der Waals surface area contributed by atoms with Crippen LogP contribution in [0.25, 0.3) is 0 Å². The Bertz CT molecular complexity index is 199. The van der Waals surface area contributed by atoms with Crippen LogP contribution in [-0.4, -0.2) is 6.10 Å². The molecule has 3 nitrogen and oxygen atoms in total. The maximum Gasteiger partial charge on any atom is 0.103 e. The Morgan fingerprint density at radius 3 is 2.92 bits per heavy atom. The fraction of sp³-hybridized carbons (Fsp3) is 0.556. The number of hydrazine groups is 1. The molecule has 0 aromatic carbocycles. The second-order valence-electron chi connectivity index (χ2n) is 3.07. The van der Waals surface area contributed by atoms with E-state index < -0.39 is 0 Å². The number of rotatable bonds is 0. The van der Waals surface area contributed by atoms with Gasteiger partial charge in [0.15, 0.2) is 0 Å². The smallest absolute Gasteiger partial charge is 0.103 e. The lowest BCUT2D eigenvalue weighted by atomic mass is 9.98. The molecule has 1 aliphatic heterocycles. The minimum atomic E-state index is 0.433. The van der Waals surface area contributed by atoms with Crippen LogP contribution in [0.3, 0.4) is 0 Å². The Morgan fingerprint density at radius 2 is 2.17 bits per heavy atom. The Morgan fingerprint density at radius 1 is 1.42 bits per heavy atom. The first kappa shape index (κ1) is 9.29. The summed E-state index contributed by atoms with van der Waals surface area (Å²) in [6, 6.07) is 0. The van der Waals surface area contributed by atoms with Gasteiger partial charge in [-0.25, -0.2) is 0 Å². The largest absolute Gasteiger partial charge is 0.494 e. The lowest BCUT2D eigenvalue weighted by Crippen LogP contribution is -2.18. The van der Waals surface area contributed by atoms with Gasteiger partial charge in [-0.05, 0) is 25.8 Å². The molecule has 4 N–H and O–H groups in total. The first-order valence-electron chi connectivity index (χ1n) is 4.24. The number of nitrogens with two attached hydrogens (primary N) is 2. The molecule has 0 aromatic heterocycles. The van der Waals surface area contributed by atoms with E-state index in [1.807, 2.05) is 0 Å². The summed E-state index contributed by atoms with van der Waals surface area (Å²) in [5.41, 5.74) is 0. The van der Waals surface area contributed by atoms with Gasteiger partial charge in [-0.1, -0.05) is 12.2 Å². The van der Waals surface area contributed by atoms with Gasteiger partial charge in [0.25, 0.3) is 0 Å². The second kappa shape index (κ2) is 4.28. The average Bonchev–Trinajstić information content (AvgIpc) is 2.54. The summed E-state index contributed by atoms with van der Waals surface area (Å²) in [7, 11) is 0. The molecule has 2 atom stereocenters. The summed E-state index contributed by atoms with van der Waals surface area (Å²) in [5.74, 6) is 9.79. The monoisotopic (exact) mass is 168 g/mol. The van der Waals surface area contributed by atoms with Crippen LogP contribution in [0.15, 0.2) is 24.0 Å². The van der Waals surface area contributed by atoms with Crippen LogP contribution in [0, 0.1) is 5.92 Å². The third-order valence-electron chi connectivity index (χ3n) is 2.19. The summed E-state index contributed by atoms with van der Waals surface area (Å²) in [5, 5.41) is 0. The van der Waals surface area contributed by atoms with Crippen LogP contribution in [-0.2, 0) is 4.74 Å². The Hall–Kier alpha value is -0.800. The number of fused-ring (bicyclic) bond motifs is 1. The van der Waals surface area contributed by atoms with Gasteiger partial charge in [-0.15, -0.1) is 0 Å². The summed E-state index contributed by atoms with van der Waals surface area (Å²) >= 11 is 0. The minimum Gasteiger partial charge on any atom is -0.494 e. The fourth-order valence-corrected chi connectivity index (χ4v) is 1.57. The van der Waals surface area contributed by atoms with Crippen molar-refractivity contribution >= 4 is 0 Å². The first-order valence-corrected chi connectivity index (χ1v) is 4.24. The standard InChI is InChI=1S/C9H12O.H4N2/c1-7-5-6-8-3-2-4-9(8)10-7;1-2/h2-4,7-8H,5-6H2,1H3;1-2H2. The minimum absolute atomic E-state index is 0.433. The van der Waals surface area contributed by atoms with Gasteiger partial charge in [-0.3, -0.25) is 11.7 Å². The van der Waals surface area contributed by atoms with E-state index in [1.165, 1.54) is 18.6 Å². The van der Waals surface area contributed by atoms with Crippen molar-refractivity contribution in [2.75, 3.05) is 0 Å². The second-order valence-corrected chi connectivity index (χ2v) is 3.07. The van der Waals surface area contributed by atoms with Crippen LogP contribution in [0.1, 0.15) is 19.8 Å². The highest BCUT2D eigenvalue weighted by atomic mass is 16.5. The maximum absolute atomic E-state index is 5.61. The van der Waals surface area contributed by atoms with Crippen LogP contribution in [0.2, 0.25) is 0 Å². The average molecular weight is 168 g/mol. The van der Waals surface area contributed by atoms with E-state index in [0.29, 0.717) is 12.0 Å². The summed E-state index contributed by atoms with van der Waals surface area (Å²) < 4.78 is 5.61. The molecule has 2 rings (SSSR count). The molecule has 0 bridgehead atoms. The Kier molecular flexibility index (Phi) is 3.31. The molecule has 3 heteroatoms. The molecule has 1 aliphatic carbocycles. The zero-order valence-corrected chi connectivity index (χ0v) is 7.36. The Balaban J connectivity index is 0.000000336. The highest BCUT2D eigenvalue weighted by molar-refractivity contribution is 5.24. The van der Waals surface area contributed by atoms with Gasteiger partial charge in [-0.2, -0.15) is 0 Å². The van der Waals surface area contributed by atoms with Crippen LogP contribution in [0.4, 0.5) is 0 Å². The third kappa shape index (κ3) is 1.87. The van der Waals surface area contributed by atoms with Crippen LogP contribution >= 0.6 is 0 Å². The molecular weight excluding hydrogens is 152 g/mol. The van der Waals surface area contributed by atoms with Gasteiger partial charge in [0.2, 0.25) is 0 Å². The van der Waals surface area contributed by atoms with Crippen molar-refractivity contribution < 1.29 is 4.74 Å². The van der Waals surface area contributed by atoms with E-state index in [-0.39, 0.29) is 0 Å². The van der Waals surface area contributed by atoms with Gasteiger partial charge < -0.3 is 4.74 Å². The van der Waals surface area contributed by atoms with E-state index in [4.69, 9.17) is 4.74 Å². The van der Waals surface area contributed by atoms with E-state index in [1.54, 1.807) is 0 Å². The SMILES string of the molecule is CC1CCC2C=CC=C2O1.NN. The zero-order chi connectivity index (χ0) is 8.97. The molecular formula is C9H16N2O. The van der Waals surface area contributed by atoms with E-state index in [2.05, 4.69) is 36.8 Å². The third-order valence-corrected chi connectivity index (χ3v) is 2.19. The van der Waals surface area contributed by atoms with E-state index in [0.717, 1.165) is 0 Å². The molecule has 0 aromatic rings. The summed E-state index contributed by atoms with van der Waals surface area (Å²) in [6.45, 7) is 2.13. The van der Waals surface area contributed by atoms with E-state index >= 15 is 0 Å². The molecule has 12 heavy (non-hydrogen) atoms. The van der Waals surface area contributed by atoms with Gasteiger partial charge in [0, 0.05) is 5.92 Å². The molecule has 1 heterocycles. The zero-order valence-electron chi connectivity index (χ0n) is 7.36. The summed E-state index contributed by atoms with van der Waals surface area (Å²) in [4.78, 5) is 0. The lowest BCUT2D eigenvalue weighted by Gasteiger charge is -2.26. The van der Waals surface area contributed by atoms with Gasteiger partial charge >= 0.3 is 0 Å². The summed E-state index contributed by atoms with van der Waals surface area (Å²) in [6.07, 6.45) is 9.30. The molecule has 2 unspecified atom stereocenters. The van der Waals surface area contributed by atoms with Crippen molar-refractivity contribution in [3.8, 4) is 0 Å². The predicted molar refractivity (Wildman–Crippen MR) is 48.9 cm³/mol. The normalized spacial score (nSPS) is 31.1. The number of allylic oxidation sites excluding steroid dienone is 3. The van der Waals surface area contributed by atoms with Crippen LogP contribution in [0.5, 0.6) is 0 Å². The molecule has 0 radical (unpaired) electrons. The van der Waals surface area contributed by atoms with Gasteiger partial charge in [0.1, 0.15) is 5.76 Å². The highest BCUT2D eigenvalue weighted by Crippen LogP contribution is 2.31. The molecule has 0 amide bonds. The Labute approximate surface area is 73.0 Å². The molecule has 68 valence electrons. The fourth-order valence-electron chi connectivity index (χ4n) is 1.57. The number of ether oxygens (including phenoxy) is 1. The van der Waals surface area contributed by atoms with Crippen molar-refractivity contribution in [3.63, 3.8) is 0 Å². The lowest BCUT2D eigenvalue weighted by molar-refractivity contribution is 0.0719. The van der Waals surface area contributed by atoms with Crippen molar-refractivity contribution in [1.82, 2.24) is 0 Å². The quantitative estimate of drug-likeness (QED) is 0.420. The molecule has 0 saturated carbocycles. The van der Waals surface area contributed by atoms with Gasteiger partial charge in [0.05, 0.1) is 6.10 Å². The number of hydrogen-bond donors (Lipinski definition) is 2. The maximum atomic E-state index is 5.61. The molecule has 1 saturated heterocycles. The molecule has 1 fully saturated rings. The van der Waals surface area contributed by atoms with Crippen molar-refractivity contribution in [1.29, 1.82) is 0 Å². The van der Waals surface area contributed by atoms with E-state index in [9.17, 15) is 0 Å². The molecule has 2 aliphatic rings. The van der Waals surface area contributed by atoms with Crippen LogP contribution < -0.4 is 11.7 Å². The highest BCUT2D eigenvalue weighted by Gasteiger charge is 2.23. The van der Waals surface area contributed by atoms with Crippen molar-refractivity contribution in [2.24, 2.45) is 17.6 Å². The first-order chi connectivity index (χ1) is 5.86. The van der Waals surface area contributed by atoms with Crippen molar-refractivity contribution in [2.45, 2.75) is 25.9 Å². The number of hydrogen-bond acceptors (Lipinski definition) is 3. The van der Waals surface area contributed by atoms with Crippen molar-refractivity contribution in [3.05, 3.63) is 24.0 Å². The topological polar surface area (TPSA) is 61.3 Å². The predicted octanol–water partition coefficient (Wildman–Crippen LogP) is 1.07.